The summed E-state index contributed by atoms with van der Waals surface area (Å²) < 4.78 is 1.69. The molecule has 2 fully saturated rings. The van der Waals surface area contributed by atoms with Crippen molar-refractivity contribution in [3.05, 3.63) is 24.0 Å². The molecule has 3 rings (SSSR count). The van der Waals surface area contributed by atoms with E-state index in [9.17, 15) is 19.2 Å². The maximum atomic E-state index is 13.5. The highest BCUT2D eigenvalue weighted by molar-refractivity contribution is 5.98. The van der Waals surface area contributed by atoms with E-state index in [1.54, 1.807) is 29.9 Å². The Bertz CT molecular complexity index is 835. The normalized spacial score (nSPS) is 23.7. The molecule has 3 atom stereocenters. The van der Waals surface area contributed by atoms with Gasteiger partial charge in [0.2, 0.25) is 11.8 Å². The molecule has 1 aromatic rings. The molecule has 0 saturated carbocycles. The lowest BCUT2D eigenvalue weighted by Gasteiger charge is -2.33. The number of nitrogens with two attached hydrogens (primary N) is 1. The average Bonchev–Trinajstić information content (AvgIpc) is 3.38. The molecule has 0 unspecified atom stereocenters. The number of carbonyl (C=O) groups excluding carboxylic acids is 4. The molecule has 10 heteroatoms. The summed E-state index contributed by atoms with van der Waals surface area (Å²) in [4.78, 5) is 53.8. The summed E-state index contributed by atoms with van der Waals surface area (Å²) in [6.07, 6.45) is 3.37. The number of urea groups is 1. The molecular formula is C20H30N6O4. The number of rotatable bonds is 5. The van der Waals surface area contributed by atoms with Gasteiger partial charge in [0.1, 0.15) is 17.8 Å². The molecular weight excluding hydrogens is 388 g/mol. The van der Waals surface area contributed by atoms with Crippen LogP contribution in [0, 0.1) is 0 Å². The Morgan fingerprint density at radius 3 is 2.47 bits per heavy atom. The van der Waals surface area contributed by atoms with E-state index >= 15 is 0 Å². The summed E-state index contributed by atoms with van der Waals surface area (Å²) >= 11 is 0. The van der Waals surface area contributed by atoms with Crippen molar-refractivity contribution in [2.45, 2.75) is 57.3 Å². The van der Waals surface area contributed by atoms with Crippen LogP contribution in [0.3, 0.4) is 0 Å². The van der Waals surface area contributed by atoms with Gasteiger partial charge in [-0.1, -0.05) is 0 Å². The number of primary amides is 1. The van der Waals surface area contributed by atoms with Gasteiger partial charge in [-0.15, -0.1) is 0 Å². The third-order valence-electron chi connectivity index (χ3n) is 5.68. The molecule has 1 aromatic heterocycles. The summed E-state index contributed by atoms with van der Waals surface area (Å²) in [7, 11) is 1.76. The number of hydrogen-bond donors (Lipinski definition) is 3. The highest BCUT2D eigenvalue weighted by Crippen LogP contribution is 2.26. The van der Waals surface area contributed by atoms with Gasteiger partial charge in [-0.05, 0) is 45.2 Å². The second kappa shape index (κ2) is 8.76. The van der Waals surface area contributed by atoms with Crippen LogP contribution >= 0.6 is 0 Å². The summed E-state index contributed by atoms with van der Waals surface area (Å²) in [6.45, 7) is 4.40. The Balaban J connectivity index is 1.88. The molecule has 3 heterocycles. The van der Waals surface area contributed by atoms with E-state index in [0.717, 1.165) is 0 Å². The van der Waals surface area contributed by atoms with Crippen LogP contribution in [0.5, 0.6) is 0 Å². The first-order chi connectivity index (χ1) is 14.2. The van der Waals surface area contributed by atoms with Crippen molar-refractivity contribution in [3.8, 4) is 0 Å². The molecule has 4 N–H and O–H groups in total. The molecule has 0 bridgehead atoms. The Morgan fingerprint density at radius 1 is 1.13 bits per heavy atom. The molecule has 0 radical (unpaired) electrons. The van der Waals surface area contributed by atoms with Gasteiger partial charge in [-0.3, -0.25) is 14.4 Å². The van der Waals surface area contributed by atoms with Crippen LogP contribution in [-0.2, 0) is 16.6 Å². The Hall–Kier alpha value is -3.04. The summed E-state index contributed by atoms with van der Waals surface area (Å²) in [5, 5.41) is 5.59. The fourth-order valence-electron chi connectivity index (χ4n) is 4.28. The Labute approximate surface area is 175 Å². The van der Waals surface area contributed by atoms with Crippen molar-refractivity contribution in [1.82, 2.24) is 25.0 Å². The van der Waals surface area contributed by atoms with E-state index in [1.807, 2.05) is 13.8 Å². The van der Waals surface area contributed by atoms with Gasteiger partial charge in [0.15, 0.2) is 0 Å². The van der Waals surface area contributed by atoms with Crippen molar-refractivity contribution < 1.29 is 19.2 Å². The van der Waals surface area contributed by atoms with E-state index in [-0.39, 0.29) is 17.9 Å². The van der Waals surface area contributed by atoms with Gasteiger partial charge in [-0.2, -0.15) is 0 Å². The minimum atomic E-state index is -0.898. The van der Waals surface area contributed by atoms with Crippen molar-refractivity contribution in [3.63, 3.8) is 0 Å². The number of aryl methyl sites for hydroxylation is 1. The van der Waals surface area contributed by atoms with Crippen molar-refractivity contribution in [2.75, 3.05) is 13.1 Å². The number of nitrogens with zero attached hydrogens (tertiary/aromatic N) is 3. The number of aromatic nitrogens is 1. The van der Waals surface area contributed by atoms with E-state index in [1.165, 1.54) is 9.80 Å². The highest BCUT2D eigenvalue weighted by atomic mass is 16.2. The van der Waals surface area contributed by atoms with Gasteiger partial charge < -0.3 is 30.7 Å². The standard InChI is InChI=1S/C20H30N6O4/c1-12(2)22-20(30)23-13-8-11-26(18(28)15-7-4-9-24(15)3)16(13)19(29)25-10-5-6-14(25)17(21)27/h4,7,9,12-14,16H,5-6,8,10-11H2,1-3H3,(H2,21,27)(H2,22,23,30)/t13-,14-,16+/m1/s1. The number of likely N-dealkylation sites (tertiary alicyclic amines) is 2. The lowest BCUT2D eigenvalue weighted by molar-refractivity contribution is -0.140. The molecule has 2 aliphatic rings. The fourth-order valence-corrected chi connectivity index (χ4v) is 4.28. The maximum Gasteiger partial charge on any atom is 0.315 e. The minimum absolute atomic E-state index is 0.0699. The molecule has 164 valence electrons. The second-order valence-electron chi connectivity index (χ2n) is 8.21. The third-order valence-corrected chi connectivity index (χ3v) is 5.68. The number of amides is 5. The topological polar surface area (TPSA) is 130 Å². The van der Waals surface area contributed by atoms with Gasteiger partial charge in [-0.25, -0.2) is 4.79 Å². The van der Waals surface area contributed by atoms with Crippen LogP contribution in [0.4, 0.5) is 4.79 Å². The lowest BCUT2D eigenvalue weighted by atomic mass is 10.1. The van der Waals surface area contributed by atoms with E-state index in [0.29, 0.717) is 38.0 Å². The van der Waals surface area contributed by atoms with Crippen LogP contribution in [0.1, 0.15) is 43.6 Å². The molecule has 2 aliphatic heterocycles. The first kappa shape index (κ1) is 21.7. The van der Waals surface area contributed by atoms with Crippen LogP contribution in [0.15, 0.2) is 18.3 Å². The molecule has 0 aromatic carbocycles. The van der Waals surface area contributed by atoms with E-state index in [2.05, 4.69) is 10.6 Å². The monoisotopic (exact) mass is 418 g/mol. The van der Waals surface area contributed by atoms with E-state index < -0.39 is 30.1 Å². The summed E-state index contributed by atoms with van der Waals surface area (Å²) in [5.74, 6) is -1.20. The van der Waals surface area contributed by atoms with Gasteiger partial charge in [0, 0.05) is 32.4 Å². The number of carbonyl (C=O) groups is 4. The molecule has 30 heavy (non-hydrogen) atoms. The molecule has 2 saturated heterocycles. The lowest BCUT2D eigenvalue weighted by Crippen LogP contribution is -2.59. The first-order valence-corrected chi connectivity index (χ1v) is 10.3. The molecule has 0 spiro atoms. The zero-order valence-corrected chi connectivity index (χ0v) is 17.6. The van der Waals surface area contributed by atoms with Crippen molar-refractivity contribution in [1.29, 1.82) is 0 Å². The third kappa shape index (κ3) is 4.27. The zero-order valence-electron chi connectivity index (χ0n) is 17.6. The smallest absolute Gasteiger partial charge is 0.315 e. The van der Waals surface area contributed by atoms with Crippen molar-refractivity contribution in [2.24, 2.45) is 12.8 Å². The van der Waals surface area contributed by atoms with Crippen LogP contribution in [0.25, 0.3) is 0 Å². The zero-order chi connectivity index (χ0) is 22.0. The predicted molar refractivity (Wildman–Crippen MR) is 109 cm³/mol. The molecule has 10 nitrogen and oxygen atoms in total. The molecule has 5 amide bonds. The van der Waals surface area contributed by atoms with Gasteiger partial charge >= 0.3 is 6.03 Å². The van der Waals surface area contributed by atoms with Crippen LogP contribution < -0.4 is 16.4 Å². The number of hydrogen-bond acceptors (Lipinski definition) is 4. The van der Waals surface area contributed by atoms with Gasteiger partial charge in [0.05, 0.1) is 6.04 Å². The summed E-state index contributed by atoms with van der Waals surface area (Å²) in [6, 6.07) is 0.844. The SMILES string of the molecule is CC(C)NC(=O)N[C@@H]1CCN(C(=O)c2cccn2C)[C@@H]1C(=O)N1CCC[C@@H]1C(N)=O. The first-order valence-electron chi connectivity index (χ1n) is 10.3. The van der Waals surface area contributed by atoms with Gasteiger partial charge in [0.25, 0.3) is 5.91 Å². The minimum Gasteiger partial charge on any atom is -0.368 e. The fraction of sp³-hybridized carbons (Fsp3) is 0.600. The largest absolute Gasteiger partial charge is 0.368 e. The Morgan fingerprint density at radius 2 is 1.87 bits per heavy atom. The maximum absolute atomic E-state index is 13.5. The highest BCUT2D eigenvalue weighted by Gasteiger charge is 2.47. The molecule has 0 aliphatic carbocycles. The Kier molecular flexibility index (Phi) is 6.33. The summed E-state index contributed by atoms with van der Waals surface area (Å²) in [5.41, 5.74) is 5.94. The van der Waals surface area contributed by atoms with Crippen molar-refractivity contribution >= 4 is 23.8 Å². The quantitative estimate of drug-likeness (QED) is 0.611. The van der Waals surface area contributed by atoms with Crippen LogP contribution in [-0.4, -0.2) is 75.4 Å². The van der Waals surface area contributed by atoms with E-state index in [4.69, 9.17) is 5.73 Å². The second-order valence-corrected chi connectivity index (χ2v) is 8.21. The van der Waals surface area contributed by atoms with Crippen LogP contribution in [0.2, 0.25) is 0 Å². The number of nitrogens with one attached hydrogen (secondary N) is 2. The average molecular weight is 418 g/mol. The predicted octanol–water partition coefficient (Wildman–Crippen LogP) is -0.208.